The number of hydrogen-bond acceptors (Lipinski definition) is 20. The standard InChI is InChI=1S/C72H102ClN11O18/c1-45-19-18-25-58(98-10)72(96)43-57(101-70(94)80-72)46(2)42-71(4,95)59(41-62(87)83(8)55-38-48(37-45)39-56(97-9)64(55)73)102-69(93)47(3)82(7)68(92)53(23-16-17-30-74)78-67(91)65(49-20-12-11-13-21-49)79-61(86)29-33-99-35-36-100-34-31-76-66(90)52(26-27-63(88)89)77-60(85)28-32-84-51(44-81(6)75-5)40-50-22-14-15-24-54(50)84/h11-15,18-22,24-25,38-40,46-47,52-53,57-59,65,75,95-96H,16-17,23,26-37,41-44,74H2,1-10H3,(H,76,90)(H,77,85)(H,78,91)(H,79,86)(H,80,94)(H,88,89)/b25-18+,45-19+/t46-,47-,52-,53-,57-,58+,59-,65-,71?,72-/m0/s1. The van der Waals surface area contributed by atoms with Crippen LogP contribution >= 0.6 is 11.6 Å². The zero-order chi connectivity index (χ0) is 74.8. The number of methoxy groups -OCH3 is 2. The molecule has 30 heteroatoms. The molecule has 1 saturated heterocycles. The summed E-state index contributed by atoms with van der Waals surface area (Å²) in [5.41, 5.74) is 8.98. The highest BCUT2D eigenvalue weighted by atomic mass is 35.5. The van der Waals surface area contributed by atoms with Gasteiger partial charge in [-0.05, 0) is 120 Å². The summed E-state index contributed by atoms with van der Waals surface area (Å²) in [6.45, 7) is 7.49. The Labute approximate surface area is 600 Å². The highest BCUT2D eigenvalue weighted by molar-refractivity contribution is 6.35. The third-order valence-electron chi connectivity index (χ3n) is 18.1. The van der Waals surface area contributed by atoms with E-state index in [1.165, 1.54) is 47.1 Å². The lowest BCUT2D eigenvalue weighted by Gasteiger charge is -2.43. The van der Waals surface area contributed by atoms with Crippen LogP contribution in [0.5, 0.6) is 5.75 Å². The molecule has 560 valence electrons. The van der Waals surface area contributed by atoms with Crippen LogP contribution in [0.15, 0.2) is 96.6 Å². The summed E-state index contributed by atoms with van der Waals surface area (Å²) >= 11 is 6.86. The molecule has 6 rings (SSSR count). The summed E-state index contributed by atoms with van der Waals surface area (Å²) < 4.78 is 36.4. The second-order valence-corrected chi connectivity index (χ2v) is 26.4. The number of halogens is 1. The summed E-state index contributed by atoms with van der Waals surface area (Å²) in [7, 11) is 9.31. The molecule has 2 aliphatic heterocycles. The SMILES string of the molecule is CNN(C)Cc1cc2ccccc2n1CCC(=O)N[C@@H](CCC(=O)O)C(=O)NCCOCCOCCC(=O)N[C@H](C(=O)N[C@@H](CCCCN)C(=O)N(C)[C@@H](C)C(=O)O[C@H]1CC(=O)N(C)c2cc(cc(OC)c2Cl)C/C(C)=C/C=C/[C@@H](OC)[C@@]2(O)C[C@H](OC(=O)N2)[C@@H](C)CC1(C)O)c1ccccc1. The van der Waals surface area contributed by atoms with Crippen molar-refractivity contribution in [2.75, 3.05) is 86.8 Å². The van der Waals surface area contributed by atoms with Gasteiger partial charge in [0.1, 0.15) is 53.3 Å². The molecule has 1 fully saturated rings. The molecule has 29 nitrogen and oxygen atoms in total. The topological polar surface area (TPSA) is 383 Å². The summed E-state index contributed by atoms with van der Waals surface area (Å²) in [5.74, 6) is -6.38. The van der Waals surface area contributed by atoms with E-state index in [0.29, 0.717) is 43.5 Å². The van der Waals surface area contributed by atoms with Crippen LogP contribution < -0.4 is 47.4 Å². The number of aryl methyl sites for hydroxylation is 1. The van der Waals surface area contributed by atoms with Crippen molar-refractivity contribution in [1.29, 1.82) is 0 Å². The van der Waals surface area contributed by atoms with Crippen LogP contribution in [0, 0.1) is 5.92 Å². The third kappa shape index (κ3) is 24.0. The van der Waals surface area contributed by atoms with Gasteiger partial charge >= 0.3 is 18.0 Å². The van der Waals surface area contributed by atoms with E-state index in [1.807, 2.05) is 54.9 Å². The van der Waals surface area contributed by atoms with Crippen molar-refractivity contribution < 1.29 is 86.9 Å². The molecule has 3 heterocycles. The summed E-state index contributed by atoms with van der Waals surface area (Å²) in [6, 6.07) is 16.5. The molecule has 4 bridgehead atoms. The lowest BCUT2D eigenvalue weighted by atomic mass is 9.81. The highest BCUT2D eigenvalue weighted by Gasteiger charge is 2.49. The van der Waals surface area contributed by atoms with Crippen molar-refractivity contribution in [3.63, 3.8) is 0 Å². The molecule has 0 radical (unpaired) electrons. The van der Waals surface area contributed by atoms with Gasteiger partial charge in [0.05, 0.1) is 57.8 Å². The number of carbonyl (C=O) groups is 9. The molecule has 102 heavy (non-hydrogen) atoms. The molecule has 3 aromatic carbocycles. The number of amides is 7. The number of allylic oxidation sites excluding steroid dienone is 3. The van der Waals surface area contributed by atoms with Gasteiger partial charge in [-0.1, -0.05) is 90.9 Å². The monoisotopic (exact) mass is 1440 g/mol. The molecule has 0 spiro atoms. The van der Waals surface area contributed by atoms with Gasteiger partial charge in [0.25, 0.3) is 0 Å². The van der Waals surface area contributed by atoms with Crippen LogP contribution in [0.25, 0.3) is 10.9 Å². The number of unbranched alkanes of at least 4 members (excludes halogenated alkanes) is 1. The van der Waals surface area contributed by atoms with E-state index in [0.717, 1.165) is 27.1 Å². The van der Waals surface area contributed by atoms with Gasteiger partial charge in [0.15, 0.2) is 5.72 Å². The number of hydrazine groups is 1. The number of nitrogens with two attached hydrogens (primary N) is 1. The minimum atomic E-state index is -2.07. The molecule has 0 aliphatic carbocycles. The Kier molecular flexibility index (Phi) is 32.2. The van der Waals surface area contributed by atoms with Gasteiger partial charge in [0.2, 0.25) is 35.4 Å². The second-order valence-electron chi connectivity index (χ2n) is 26.1. The quantitative estimate of drug-likeness (QED) is 0.0175. The minimum Gasteiger partial charge on any atom is -0.495 e. The number of anilines is 1. The number of rotatable bonds is 34. The summed E-state index contributed by atoms with van der Waals surface area (Å²) in [6.07, 6.45) is -0.146. The van der Waals surface area contributed by atoms with Crippen molar-refractivity contribution >= 4 is 81.7 Å². The maximum Gasteiger partial charge on any atom is 0.409 e. The Morgan fingerprint density at radius 2 is 1.56 bits per heavy atom. The molecule has 1 unspecified atom stereocenters. The number of para-hydroxylation sites is 1. The normalized spacial score (nSPS) is 21.6. The first-order valence-corrected chi connectivity index (χ1v) is 34.6. The Morgan fingerprint density at radius 3 is 2.25 bits per heavy atom. The molecule has 11 N–H and O–H groups in total. The van der Waals surface area contributed by atoms with Crippen molar-refractivity contribution in [2.45, 2.75) is 165 Å². The van der Waals surface area contributed by atoms with Gasteiger partial charge in [0, 0.05) is 78.2 Å². The number of aromatic nitrogens is 1. The van der Waals surface area contributed by atoms with Gasteiger partial charge < -0.3 is 85.1 Å². The van der Waals surface area contributed by atoms with E-state index >= 15 is 0 Å². The molecular weight excluding hydrogens is 1340 g/mol. The number of esters is 1. The first kappa shape index (κ1) is 82.4. The van der Waals surface area contributed by atoms with Crippen LogP contribution in [-0.2, 0) is 81.6 Å². The number of aliphatic carboxylic acids is 1. The van der Waals surface area contributed by atoms with Gasteiger partial charge in [-0.15, -0.1) is 0 Å². The molecule has 0 saturated carbocycles. The fourth-order valence-electron chi connectivity index (χ4n) is 12.1. The summed E-state index contributed by atoms with van der Waals surface area (Å²) in [4.78, 5) is 125. The van der Waals surface area contributed by atoms with E-state index in [9.17, 15) is 58.5 Å². The van der Waals surface area contributed by atoms with E-state index in [-0.39, 0.29) is 101 Å². The van der Waals surface area contributed by atoms with Gasteiger partial charge in [-0.2, -0.15) is 0 Å². The predicted molar refractivity (Wildman–Crippen MR) is 380 cm³/mol. The van der Waals surface area contributed by atoms with E-state index in [2.05, 4.69) is 38.1 Å². The van der Waals surface area contributed by atoms with Crippen molar-refractivity contribution in [1.82, 2.24) is 46.5 Å². The number of benzene rings is 3. The number of carbonyl (C=O) groups excluding carboxylic acids is 8. The Bertz CT molecular complexity index is 3570. The predicted octanol–water partition coefficient (Wildman–Crippen LogP) is 4.47. The maximum absolute atomic E-state index is 14.7. The van der Waals surface area contributed by atoms with Crippen LogP contribution in [0.1, 0.15) is 115 Å². The lowest BCUT2D eigenvalue weighted by Crippen LogP contribution is -2.63. The van der Waals surface area contributed by atoms with Gasteiger partial charge in [-0.3, -0.25) is 44.3 Å². The van der Waals surface area contributed by atoms with Gasteiger partial charge in [-0.25, -0.2) is 14.6 Å². The largest absolute Gasteiger partial charge is 0.495 e. The van der Waals surface area contributed by atoms with Crippen LogP contribution in [0.3, 0.4) is 0 Å². The Morgan fingerprint density at radius 1 is 0.863 bits per heavy atom. The molecular formula is C72H102ClN11O18. The number of likely N-dealkylation sites (N-methyl/N-ethyl adjacent to an activating group) is 1. The van der Waals surface area contributed by atoms with E-state index < -0.39 is 120 Å². The Hall–Kier alpha value is -8.52. The summed E-state index contributed by atoms with van der Waals surface area (Å²) in [5, 5.41) is 50.3. The number of hydrogen-bond donors (Lipinski definition) is 10. The number of carboxylic acids is 1. The fourth-order valence-corrected chi connectivity index (χ4v) is 12.4. The average molecular weight is 1450 g/mol. The maximum atomic E-state index is 14.7. The molecule has 1 aromatic heterocycles. The molecule has 4 aromatic rings. The number of fused-ring (bicyclic) bond motifs is 5. The Balaban J connectivity index is 1.06. The molecule has 2 aliphatic rings. The number of carboxylic acid groups (broad SMARTS) is 1. The number of nitrogens with zero attached hydrogens (tertiary/aromatic N) is 4. The number of ether oxygens (including phenoxy) is 6. The van der Waals surface area contributed by atoms with Crippen LogP contribution in [0.4, 0.5) is 10.5 Å². The van der Waals surface area contributed by atoms with Crippen molar-refractivity contribution in [3.8, 4) is 5.75 Å². The average Bonchev–Trinajstić information content (AvgIpc) is 1.10. The first-order valence-electron chi connectivity index (χ1n) is 34.2. The second kappa shape index (κ2) is 39.8. The number of alkyl carbamates (subject to hydrolysis) is 1. The van der Waals surface area contributed by atoms with E-state index in [1.54, 1.807) is 67.6 Å². The lowest BCUT2D eigenvalue weighted by molar-refractivity contribution is -0.177. The fraction of sp³-hybridized carbons (Fsp3) is 0.542. The number of aliphatic hydroxyl groups is 2. The zero-order valence-electron chi connectivity index (χ0n) is 59.9. The number of nitrogens with one attached hydrogen (secondary N) is 6. The van der Waals surface area contributed by atoms with Crippen LogP contribution in [0.2, 0.25) is 5.02 Å². The molecule has 7 amide bonds. The highest BCUT2D eigenvalue weighted by Crippen LogP contribution is 2.39. The minimum absolute atomic E-state index is 0.0303. The third-order valence-corrected chi connectivity index (χ3v) is 18.5. The smallest absolute Gasteiger partial charge is 0.409 e. The first-order chi connectivity index (χ1) is 48.5. The van der Waals surface area contributed by atoms with Crippen molar-refractivity contribution in [2.24, 2.45) is 11.7 Å². The van der Waals surface area contributed by atoms with Crippen LogP contribution in [-0.4, -0.2) is 213 Å². The molecule has 10 atom stereocenters. The van der Waals surface area contributed by atoms with Crippen molar-refractivity contribution in [3.05, 3.63) is 118 Å². The van der Waals surface area contributed by atoms with E-state index in [4.69, 9.17) is 45.8 Å². The zero-order valence-corrected chi connectivity index (χ0v) is 60.7.